The molecule has 0 aliphatic heterocycles. The van der Waals surface area contributed by atoms with E-state index in [-0.39, 0.29) is 5.75 Å². The number of carboxylic acids is 1. The van der Waals surface area contributed by atoms with Gasteiger partial charge in [0.2, 0.25) is 0 Å². The molecule has 0 radical (unpaired) electrons. The number of hydrogen-bond acceptors (Lipinski definition) is 6. The first-order valence-corrected chi connectivity index (χ1v) is 14.2. The molecular formula is C30H36N2O5S. The van der Waals surface area contributed by atoms with Crippen molar-refractivity contribution in [2.24, 2.45) is 0 Å². The lowest BCUT2D eigenvalue weighted by Gasteiger charge is -2.11. The molecule has 1 atom stereocenters. The zero-order valence-corrected chi connectivity index (χ0v) is 22.6. The Hall–Kier alpha value is -3.65. The molecule has 0 fully saturated rings. The Balaban J connectivity index is 1.42. The molecule has 3 aromatic rings. The molecule has 1 unspecified atom stereocenters. The number of methoxy groups -OCH3 is 1. The van der Waals surface area contributed by atoms with Crippen LogP contribution in [0.5, 0.6) is 11.5 Å². The van der Waals surface area contributed by atoms with E-state index < -0.39 is 16.8 Å². The fraction of sp³-hybridized carbons (Fsp3) is 0.333. The molecular weight excluding hydrogens is 500 g/mol. The van der Waals surface area contributed by atoms with Gasteiger partial charge in [-0.2, -0.15) is 0 Å². The van der Waals surface area contributed by atoms with Gasteiger partial charge in [0, 0.05) is 16.7 Å². The number of carboxylic acid groups (broad SMARTS) is 1. The first kappa shape index (κ1) is 28.9. The van der Waals surface area contributed by atoms with Crippen LogP contribution in [0, 0.1) is 0 Å². The number of aromatic nitrogens is 1. The Labute approximate surface area is 227 Å². The molecule has 202 valence electrons. The molecule has 0 aliphatic carbocycles. The standard InChI is InChI=1S/C30H36N2O5S/c1-36-26-15-12-23(13-16-26)9-6-4-2-3-5-7-20-37-29-18-14-25(32-28(29)17-19-30(33)34)22-38(35)27-11-8-10-24(31)21-27/h8,10-19,21H,2-7,9,20,22,31H2,1H3,(H,33,34)/b19-17+. The van der Waals surface area contributed by atoms with Gasteiger partial charge in [0.1, 0.15) is 17.2 Å². The molecule has 3 N–H and O–H groups in total. The molecule has 3 rings (SSSR count). The summed E-state index contributed by atoms with van der Waals surface area (Å²) < 4.78 is 23.9. The van der Waals surface area contributed by atoms with Crippen LogP contribution in [0.3, 0.4) is 0 Å². The predicted octanol–water partition coefficient (Wildman–Crippen LogP) is 6.04. The van der Waals surface area contributed by atoms with E-state index in [9.17, 15) is 9.00 Å². The number of aryl methyl sites for hydroxylation is 1. The van der Waals surface area contributed by atoms with E-state index in [0.29, 0.717) is 34.3 Å². The van der Waals surface area contributed by atoms with Crippen LogP contribution in [0.25, 0.3) is 6.08 Å². The van der Waals surface area contributed by atoms with Crippen LogP contribution in [-0.2, 0) is 27.8 Å². The van der Waals surface area contributed by atoms with Crippen LogP contribution in [0.1, 0.15) is 55.5 Å². The summed E-state index contributed by atoms with van der Waals surface area (Å²) in [6, 6.07) is 18.7. The van der Waals surface area contributed by atoms with Gasteiger partial charge in [-0.3, -0.25) is 4.21 Å². The topological polar surface area (TPSA) is 112 Å². The summed E-state index contributed by atoms with van der Waals surface area (Å²) in [5.74, 6) is 0.521. The van der Waals surface area contributed by atoms with Crippen molar-refractivity contribution in [1.82, 2.24) is 4.98 Å². The van der Waals surface area contributed by atoms with Crippen LogP contribution < -0.4 is 15.2 Å². The fourth-order valence-corrected chi connectivity index (χ4v) is 5.06. The fourth-order valence-electron chi connectivity index (χ4n) is 3.96. The number of nitrogens with two attached hydrogens (primary N) is 1. The number of rotatable bonds is 16. The molecule has 1 heterocycles. The van der Waals surface area contributed by atoms with Gasteiger partial charge in [0.05, 0.1) is 36.0 Å². The lowest BCUT2D eigenvalue weighted by Crippen LogP contribution is -2.04. The average molecular weight is 537 g/mol. The molecule has 8 heteroatoms. The van der Waals surface area contributed by atoms with Gasteiger partial charge in [0.15, 0.2) is 0 Å². The number of hydrogen-bond donors (Lipinski definition) is 2. The molecule has 0 aliphatic rings. The Morgan fingerprint density at radius 1 is 1.00 bits per heavy atom. The summed E-state index contributed by atoms with van der Waals surface area (Å²) in [5.41, 5.74) is 8.67. The molecule has 1 aromatic heterocycles. The largest absolute Gasteiger partial charge is 0.497 e. The highest BCUT2D eigenvalue weighted by Crippen LogP contribution is 2.22. The van der Waals surface area contributed by atoms with Crippen LogP contribution in [0.4, 0.5) is 5.69 Å². The van der Waals surface area contributed by atoms with Crippen molar-refractivity contribution in [2.75, 3.05) is 19.5 Å². The van der Waals surface area contributed by atoms with Gasteiger partial charge in [-0.25, -0.2) is 9.78 Å². The highest BCUT2D eigenvalue weighted by Gasteiger charge is 2.11. The third kappa shape index (κ3) is 10.0. The van der Waals surface area contributed by atoms with Crippen LogP contribution in [0.2, 0.25) is 0 Å². The second-order valence-corrected chi connectivity index (χ2v) is 10.4. The lowest BCUT2D eigenvalue weighted by molar-refractivity contribution is -0.131. The van der Waals surface area contributed by atoms with Crippen molar-refractivity contribution in [3.63, 3.8) is 0 Å². The summed E-state index contributed by atoms with van der Waals surface area (Å²) in [4.78, 5) is 16.2. The maximum atomic E-state index is 12.7. The molecule has 2 aromatic carbocycles. The molecule has 38 heavy (non-hydrogen) atoms. The van der Waals surface area contributed by atoms with Gasteiger partial charge in [0.25, 0.3) is 0 Å². The zero-order valence-electron chi connectivity index (χ0n) is 21.8. The minimum Gasteiger partial charge on any atom is -0.497 e. The number of nitrogens with zero attached hydrogens (tertiary/aromatic N) is 1. The van der Waals surface area contributed by atoms with Gasteiger partial charge >= 0.3 is 5.97 Å². The van der Waals surface area contributed by atoms with Gasteiger partial charge in [-0.15, -0.1) is 0 Å². The summed E-state index contributed by atoms with van der Waals surface area (Å²) in [6.45, 7) is 0.524. The Morgan fingerprint density at radius 2 is 1.74 bits per heavy atom. The minimum absolute atomic E-state index is 0.191. The summed E-state index contributed by atoms with van der Waals surface area (Å²) in [6.07, 6.45) is 10.2. The van der Waals surface area contributed by atoms with E-state index in [0.717, 1.165) is 37.5 Å². The molecule has 0 saturated heterocycles. The Morgan fingerprint density at radius 3 is 2.45 bits per heavy atom. The maximum absolute atomic E-state index is 12.7. The summed E-state index contributed by atoms with van der Waals surface area (Å²) in [7, 11) is 0.353. The zero-order chi connectivity index (χ0) is 27.2. The third-order valence-corrected chi connectivity index (χ3v) is 7.34. The average Bonchev–Trinajstić information content (AvgIpc) is 2.92. The highest BCUT2D eigenvalue weighted by atomic mass is 32.2. The van der Waals surface area contributed by atoms with Gasteiger partial charge in [-0.1, -0.05) is 43.9 Å². The van der Waals surface area contributed by atoms with Crippen molar-refractivity contribution >= 4 is 28.5 Å². The minimum atomic E-state index is -1.33. The van der Waals surface area contributed by atoms with Crippen molar-refractivity contribution in [1.29, 1.82) is 0 Å². The molecule has 0 bridgehead atoms. The van der Waals surface area contributed by atoms with Crippen LogP contribution >= 0.6 is 0 Å². The molecule has 0 saturated carbocycles. The number of ether oxygens (including phenoxy) is 2. The van der Waals surface area contributed by atoms with Crippen molar-refractivity contribution in [2.45, 2.75) is 55.6 Å². The number of nitrogen functional groups attached to an aromatic ring is 1. The van der Waals surface area contributed by atoms with Crippen LogP contribution in [0.15, 0.2) is 71.6 Å². The molecule has 7 nitrogen and oxygen atoms in total. The first-order valence-electron chi connectivity index (χ1n) is 12.8. The number of aliphatic carboxylic acids is 1. The first-order chi connectivity index (χ1) is 18.4. The van der Waals surface area contributed by atoms with E-state index in [1.807, 2.05) is 12.1 Å². The van der Waals surface area contributed by atoms with Gasteiger partial charge < -0.3 is 20.3 Å². The normalized spacial score (nSPS) is 11.9. The number of carbonyl (C=O) groups is 1. The number of benzene rings is 2. The predicted molar refractivity (Wildman–Crippen MR) is 152 cm³/mol. The third-order valence-electron chi connectivity index (χ3n) is 6.00. The molecule has 0 amide bonds. The summed E-state index contributed by atoms with van der Waals surface area (Å²) >= 11 is 0. The van der Waals surface area contributed by atoms with Crippen LogP contribution in [-0.4, -0.2) is 34.0 Å². The van der Waals surface area contributed by atoms with Crippen molar-refractivity contribution in [3.05, 3.63) is 83.7 Å². The second-order valence-electron chi connectivity index (χ2n) is 8.99. The Kier molecular flexibility index (Phi) is 11.8. The quantitative estimate of drug-likeness (QED) is 0.130. The van der Waals surface area contributed by atoms with E-state index >= 15 is 0 Å². The van der Waals surface area contributed by atoms with Crippen molar-refractivity contribution in [3.8, 4) is 11.5 Å². The monoisotopic (exact) mass is 536 g/mol. The van der Waals surface area contributed by atoms with Gasteiger partial charge in [-0.05, 0) is 73.4 Å². The molecule has 0 spiro atoms. The van der Waals surface area contributed by atoms with E-state index in [2.05, 4.69) is 17.1 Å². The van der Waals surface area contributed by atoms with Crippen molar-refractivity contribution < 1.29 is 23.6 Å². The SMILES string of the molecule is COc1ccc(CCCCCCCCOc2ccc(CS(=O)c3cccc(N)c3)nc2/C=C/C(=O)O)cc1. The lowest BCUT2D eigenvalue weighted by atomic mass is 10.0. The smallest absolute Gasteiger partial charge is 0.328 e. The number of unbranched alkanes of at least 4 members (excludes halogenated alkanes) is 5. The summed E-state index contributed by atoms with van der Waals surface area (Å²) in [5, 5.41) is 9.05. The highest BCUT2D eigenvalue weighted by molar-refractivity contribution is 7.84. The van der Waals surface area contributed by atoms with E-state index in [1.165, 1.54) is 30.9 Å². The number of pyridine rings is 1. The second kappa shape index (κ2) is 15.6. The van der Waals surface area contributed by atoms with E-state index in [4.69, 9.17) is 20.3 Å². The Bertz CT molecular complexity index is 1230. The number of anilines is 1. The van der Waals surface area contributed by atoms with E-state index in [1.54, 1.807) is 43.5 Å². The maximum Gasteiger partial charge on any atom is 0.328 e.